The third-order valence-corrected chi connectivity index (χ3v) is 5.91. The van der Waals surface area contributed by atoms with Crippen LogP contribution in [0.4, 0.5) is 5.13 Å². The highest BCUT2D eigenvalue weighted by Gasteiger charge is 2.45. The van der Waals surface area contributed by atoms with Gasteiger partial charge >= 0.3 is 0 Å². The van der Waals surface area contributed by atoms with Crippen LogP contribution in [0.2, 0.25) is 0 Å². The lowest BCUT2D eigenvalue weighted by Crippen LogP contribution is -2.30. The molecule has 0 saturated heterocycles. The Labute approximate surface area is 195 Å². The molecule has 2 heterocycles. The molecule has 4 rings (SSSR count). The van der Waals surface area contributed by atoms with Crippen LogP contribution in [-0.2, 0) is 9.59 Å². The normalized spacial score (nSPS) is 16.1. The highest BCUT2D eigenvalue weighted by atomic mass is 32.1. The number of anilines is 1. The van der Waals surface area contributed by atoms with Gasteiger partial charge in [-0.2, -0.15) is 0 Å². The van der Waals surface area contributed by atoms with E-state index in [4.69, 9.17) is 4.74 Å². The van der Waals surface area contributed by atoms with Gasteiger partial charge in [-0.05, 0) is 42.7 Å². The minimum absolute atomic E-state index is 0.00678. The van der Waals surface area contributed by atoms with E-state index in [2.05, 4.69) is 10.2 Å². The zero-order chi connectivity index (χ0) is 23.4. The fraction of sp³-hybridized carbons (Fsp3) is 0.200. The van der Waals surface area contributed by atoms with Crippen LogP contribution in [0.3, 0.4) is 0 Å². The molecule has 0 aliphatic carbocycles. The van der Waals surface area contributed by atoms with Crippen molar-refractivity contribution in [3.05, 3.63) is 88.1 Å². The van der Waals surface area contributed by atoms with Crippen molar-refractivity contribution >= 4 is 34.2 Å². The third-order valence-electron chi connectivity index (χ3n) is 5.07. The van der Waals surface area contributed by atoms with Crippen molar-refractivity contribution in [3.63, 3.8) is 0 Å². The molecule has 1 N–H and O–H groups in total. The zero-order valence-electron chi connectivity index (χ0n) is 18.3. The summed E-state index contributed by atoms with van der Waals surface area (Å²) in [5.74, 6) is -1.12. The van der Waals surface area contributed by atoms with Gasteiger partial charge in [0, 0.05) is 0 Å². The monoisotopic (exact) mass is 461 g/mol. The number of aryl methyl sites for hydroxylation is 1. The van der Waals surface area contributed by atoms with Crippen molar-refractivity contribution < 1.29 is 19.4 Å². The van der Waals surface area contributed by atoms with Crippen molar-refractivity contribution in [1.82, 2.24) is 10.2 Å². The van der Waals surface area contributed by atoms with E-state index >= 15 is 0 Å². The van der Waals surface area contributed by atoms with Gasteiger partial charge in [0.05, 0.1) is 18.2 Å². The topological polar surface area (TPSA) is 92.6 Å². The van der Waals surface area contributed by atoms with Crippen molar-refractivity contribution in [1.29, 1.82) is 0 Å². The van der Waals surface area contributed by atoms with E-state index in [1.165, 1.54) is 22.3 Å². The molecule has 8 heteroatoms. The average molecular weight is 462 g/mol. The number of aliphatic hydroxyl groups is 1. The highest BCUT2D eigenvalue weighted by molar-refractivity contribution is 7.15. The number of hydrogen-bond acceptors (Lipinski definition) is 7. The summed E-state index contributed by atoms with van der Waals surface area (Å²) in [5.41, 5.74) is 1.45. The van der Waals surface area contributed by atoms with Crippen LogP contribution in [0.15, 0.2) is 72.0 Å². The summed E-state index contributed by atoms with van der Waals surface area (Å²) in [7, 11) is 0. The standard InChI is InChI=1S/C25H23N3O4S/c1-3-14-32-19-11-7-10-18(15-19)22-21(20(29)13-12-17-8-5-4-6-9-17)23(30)24(31)28(22)25-27-26-16(2)33-25/h4-13,15,22,30H,3,14H2,1-2H3/b13-12+. The minimum Gasteiger partial charge on any atom is -0.503 e. The summed E-state index contributed by atoms with van der Waals surface area (Å²) in [4.78, 5) is 27.7. The van der Waals surface area contributed by atoms with Crippen LogP contribution < -0.4 is 9.64 Å². The molecule has 0 spiro atoms. The predicted molar refractivity (Wildman–Crippen MR) is 127 cm³/mol. The molecule has 1 atom stereocenters. The molecule has 1 aromatic heterocycles. The van der Waals surface area contributed by atoms with Gasteiger partial charge in [-0.1, -0.05) is 66.8 Å². The first kappa shape index (κ1) is 22.4. The summed E-state index contributed by atoms with van der Waals surface area (Å²) in [6.07, 6.45) is 3.87. The Morgan fingerprint density at radius 3 is 2.67 bits per heavy atom. The first-order valence-corrected chi connectivity index (χ1v) is 11.4. The Morgan fingerprint density at radius 1 is 1.18 bits per heavy atom. The Hall–Kier alpha value is -3.78. The highest BCUT2D eigenvalue weighted by Crippen LogP contribution is 2.42. The summed E-state index contributed by atoms with van der Waals surface area (Å²) >= 11 is 1.22. The van der Waals surface area contributed by atoms with Crippen LogP contribution in [0.1, 0.15) is 35.5 Å². The average Bonchev–Trinajstić information content (AvgIpc) is 3.37. The number of allylic oxidation sites excluding steroid dienone is 1. The lowest BCUT2D eigenvalue weighted by Gasteiger charge is -2.24. The zero-order valence-corrected chi connectivity index (χ0v) is 19.1. The molecular formula is C25H23N3O4S. The van der Waals surface area contributed by atoms with E-state index in [1.807, 2.05) is 43.3 Å². The van der Waals surface area contributed by atoms with Gasteiger partial charge < -0.3 is 9.84 Å². The van der Waals surface area contributed by atoms with Crippen molar-refractivity contribution in [2.45, 2.75) is 26.3 Å². The lowest BCUT2D eigenvalue weighted by molar-refractivity contribution is -0.117. The Morgan fingerprint density at radius 2 is 1.97 bits per heavy atom. The number of hydrogen-bond donors (Lipinski definition) is 1. The van der Waals surface area contributed by atoms with E-state index in [0.29, 0.717) is 28.1 Å². The van der Waals surface area contributed by atoms with E-state index in [-0.39, 0.29) is 5.57 Å². The Bertz CT molecular complexity index is 1230. The fourth-order valence-electron chi connectivity index (χ4n) is 3.57. The molecule has 33 heavy (non-hydrogen) atoms. The van der Waals surface area contributed by atoms with Crippen molar-refractivity contribution in [3.8, 4) is 5.75 Å². The number of aromatic nitrogens is 2. The minimum atomic E-state index is -0.858. The van der Waals surface area contributed by atoms with Gasteiger partial charge in [0.15, 0.2) is 11.5 Å². The fourth-order valence-corrected chi connectivity index (χ4v) is 4.29. The van der Waals surface area contributed by atoms with Gasteiger partial charge in [-0.3, -0.25) is 14.5 Å². The number of carbonyl (C=O) groups is 2. The molecular weight excluding hydrogens is 438 g/mol. The van der Waals surface area contributed by atoms with Crippen LogP contribution in [0.25, 0.3) is 6.08 Å². The van der Waals surface area contributed by atoms with Gasteiger partial charge in [-0.25, -0.2) is 0 Å². The molecule has 0 radical (unpaired) electrons. The van der Waals surface area contributed by atoms with Crippen molar-refractivity contribution in [2.75, 3.05) is 11.5 Å². The second kappa shape index (κ2) is 9.79. The number of ether oxygens (including phenoxy) is 1. The molecule has 0 saturated carbocycles. The Balaban J connectivity index is 1.77. The van der Waals surface area contributed by atoms with E-state index < -0.39 is 23.5 Å². The SMILES string of the molecule is CCCOc1cccc(C2C(C(=O)/C=C/c3ccccc3)=C(O)C(=O)N2c2nnc(C)s2)c1. The molecule has 3 aromatic rings. The second-order valence-corrected chi connectivity index (χ2v) is 8.63. The van der Waals surface area contributed by atoms with E-state index in [9.17, 15) is 14.7 Å². The largest absolute Gasteiger partial charge is 0.503 e. The van der Waals surface area contributed by atoms with Crippen LogP contribution in [-0.4, -0.2) is 33.6 Å². The first-order chi connectivity index (χ1) is 16.0. The molecule has 1 unspecified atom stereocenters. The molecule has 7 nitrogen and oxygen atoms in total. The van der Waals surface area contributed by atoms with E-state index in [0.717, 1.165) is 12.0 Å². The molecule has 1 amide bonds. The van der Waals surface area contributed by atoms with Gasteiger partial charge in [0.25, 0.3) is 5.91 Å². The number of aliphatic hydroxyl groups excluding tert-OH is 1. The predicted octanol–water partition coefficient (Wildman–Crippen LogP) is 4.82. The van der Waals surface area contributed by atoms with Gasteiger partial charge in [-0.15, -0.1) is 10.2 Å². The quantitative estimate of drug-likeness (QED) is 0.484. The first-order valence-electron chi connectivity index (χ1n) is 10.6. The number of nitrogens with zero attached hydrogens (tertiary/aromatic N) is 3. The summed E-state index contributed by atoms with van der Waals surface area (Å²) in [6, 6.07) is 15.7. The molecule has 1 aliphatic heterocycles. The molecule has 0 fully saturated rings. The molecule has 1 aliphatic rings. The number of amides is 1. The lowest BCUT2D eigenvalue weighted by atomic mass is 9.95. The molecule has 2 aromatic carbocycles. The molecule has 0 bridgehead atoms. The maximum absolute atomic E-state index is 13.2. The maximum Gasteiger partial charge on any atom is 0.296 e. The summed E-state index contributed by atoms with van der Waals surface area (Å²) in [6.45, 7) is 4.33. The van der Waals surface area contributed by atoms with Crippen LogP contribution >= 0.6 is 11.3 Å². The maximum atomic E-state index is 13.2. The summed E-state index contributed by atoms with van der Waals surface area (Å²) in [5, 5.41) is 19.8. The molecule has 168 valence electrons. The number of ketones is 1. The van der Waals surface area contributed by atoms with Gasteiger partial charge in [0.2, 0.25) is 5.13 Å². The van der Waals surface area contributed by atoms with Gasteiger partial charge in [0.1, 0.15) is 10.8 Å². The number of rotatable bonds is 8. The smallest absolute Gasteiger partial charge is 0.296 e. The number of benzene rings is 2. The van der Waals surface area contributed by atoms with Crippen molar-refractivity contribution in [2.24, 2.45) is 0 Å². The Kier molecular flexibility index (Phi) is 6.65. The number of carbonyl (C=O) groups excluding carboxylic acids is 2. The summed E-state index contributed by atoms with van der Waals surface area (Å²) < 4.78 is 5.75. The van der Waals surface area contributed by atoms with Crippen LogP contribution in [0, 0.1) is 6.92 Å². The van der Waals surface area contributed by atoms with Crippen LogP contribution in [0.5, 0.6) is 5.75 Å². The second-order valence-electron chi connectivity index (χ2n) is 7.47. The van der Waals surface area contributed by atoms with E-state index in [1.54, 1.807) is 31.2 Å². The third kappa shape index (κ3) is 4.70.